The average Bonchev–Trinajstić information content (AvgIpc) is 2.71. The molecule has 1 amide bonds. The number of anilines is 1. The lowest BCUT2D eigenvalue weighted by atomic mass is 9.97. The number of sulfonamides is 1. The normalized spacial score (nSPS) is 15.9. The first-order valence-corrected chi connectivity index (χ1v) is 12.6. The Balaban J connectivity index is 1.57. The van der Waals surface area contributed by atoms with E-state index in [0.29, 0.717) is 36.5 Å². The molecule has 0 radical (unpaired) electrons. The molecule has 1 saturated heterocycles. The Bertz CT molecular complexity index is 941. The zero-order valence-electron chi connectivity index (χ0n) is 16.3. The number of hydrogen-bond acceptors (Lipinski definition) is 4. The summed E-state index contributed by atoms with van der Waals surface area (Å²) in [5, 5.41) is 3.60. The van der Waals surface area contributed by atoms with Crippen molar-refractivity contribution in [2.24, 2.45) is 5.92 Å². The molecule has 1 N–H and O–H groups in total. The Labute approximate surface area is 181 Å². The van der Waals surface area contributed by atoms with Gasteiger partial charge in [-0.15, -0.1) is 11.8 Å². The maximum atomic E-state index is 12.7. The fraction of sp³-hybridized carbons (Fsp3) is 0.381. The number of carbonyl (C=O) groups is 1. The van der Waals surface area contributed by atoms with Crippen LogP contribution in [0.1, 0.15) is 25.3 Å². The largest absolute Gasteiger partial charge is 0.325 e. The molecule has 2 aromatic carbocycles. The minimum atomic E-state index is -3.42. The second-order valence-corrected chi connectivity index (χ2v) is 10.7. The summed E-state index contributed by atoms with van der Waals surface area (Å²) >= 11 is 7.55. The van der Waals surface area contributed by atoms with Gasteiger partial charge in [-0.3, -0.25) is 4.79 Å². The van der Waals surface area contributed by atoms with Crippen LogP contribution in [0.3, 0.4) is 0 Å². The van der Waals surface area contributed by atoms with Crippen LogP contribution in [0.15, 0.2) is 53.4 Å². The number of rotatable bonds is 7. The van der Waals surface area contributed by atoms with Gasteiger partial charge in [0.1, 0.15) is 0 Å². The first-order chi connectivity index (χ1) is 13.9. The van der Waals surface area contributed by atoms with Crippen molar-refractivity contribution in [1.82, 2.24) is 4.31 Å². The summed E-state index contributed by atoms with van der Waals surface area (Å²) in [6, 6.07) is 14.6. The van der Waals surface area contributed by atoms with Crippen LogP contribution in [0.2, 0.25) is 5.02 Å². The molecule has 2 aromatic rings. The van der Waals surface area contributed by atoms with Gasteiger partial charge in [0.2, 0.25) is 15.9 Å². The third-order valence-corrected chi connectivity index (χ3v) is 7.98. The monoisotopic (exact) mass is 452 g/mol. The van der Waals surface area contributed by atoms with Crippen molar-refractivity contribution in [3.05, 3.63) is 59.1 Å². The smallest absolute Gasteiger partial charge is 0.227 e. The highest BCUT2D eigenvalue weighted by atomic mass is 35.5. The molecule has 0 unspecified atom stereocenters. The Morgan fingerprint density at radius 3 is 2.45 bits per heavy atom. The van der Waals surface area contributed by atoms with Crippen molar-refractivity contribution in [2.45, 2.75) is 30.4 Å². The lowest BCUT2D eigenvalue weighted by molar-refractivity contribution is -0.120. The quantitative estimate of drug-likeness (QED) is 0.622. The topological polar surface area (TPSA) is 66.5 Å². The zero-order valence-corrected chi connectivity index (χ0v) is 18.7. The zero-order chi connectivity index (χ0) is 20.9. The second-order valence-electron chi connectivity index (χ2n) is 6.97. The van der Waals surface area contributed by atoms with E-state index in [-0.39, 0.29) is 17.6 Å². The number of para-hydroxylation sites is 1. The van der Waals surface area contributed by atoms with Crippen LogP contribution in [-0.2, 0) is 20.6 Å². The Morgan fingerprint density at radius 1 is 1.14 bits per heavy atom. The molecule has 0 aliphatic carbocycles. The molecule has 1 heterocycles. The molecule has 0 atom stereocenters. The fourth-order valence-corrected chi connectivity index (χ4v) is 5.81. The van der Waals surface area contributed by atoms with Gasteiger partial charge in [0.25, 0.3) is 0 Å². The standard InChI is InChI=1S/C21H25ClN2O3S2/c1-2-28-20-6-4-3-5-19(20)23-21(25)17-11-13-24(14-12-17)29(26,27)15-16-7-9-18(22)10-8-16/h3-10,17H,2,11-15H2,1H3,(H,23,25). The van der Waals surface area contributed by atoms with E-state index < -0.39 is 10.0 Å². The number of nitrogens with zero attached hydrogens (tertiary/aromatic N) is 1. The maximum Gasteiger partial charge on any atom is 0.227 e. The Morgan fingerprint density at radius 2 is 1.79 bits per heavy atom. The van der Waals surface area contributed by atoms with Gasteiger partial charge in [-0.2, -0.15) is 0 Å². The van der Waals surface area contributed by atoms with Crippen LogP contribution >= 0.6 is 23.4 Å². The molecule has 8 heteroatoms. The molecule has 1 aliphatic rings. The number of nitrogens with one attached hydrogen (secondary N) is 1. The number of carbonyl (C=O) groups excluding carboxylic acids is 1. The molecule has 3 rings (SSSR count). The predicted octanol–water partition coefficient (Wildman–Crippen LogP) is 4.63. The minimum absolute atomic E-state index is 0.0381. The molecule has 0 saturated carbocycles. The highest BCUT2D eigenvalue weighted by Crippen LogP contribution is 2.28. The van der Waals surface area contributed by atoms with Crippen molar-refractivity contribution in [1.29, 1.82) is 0 Å². The lowest BCUT2D eigenvalue weighted by Gasteiger charge is -2.30. The molecule has 1 fully saturated rings. The van der Waals surface area contributed by atoms with E-state index in [4.69, 9.17) is 11.6 Å². The Hall–Kier alpha value is -1.54. The summed E-state index contributed by atoms with van der Waals surface area (Å²) < 4.78 is 26.9. The Kier molecular flexibility index (Phi) is 7.62. The first-order valence-electron chi connectivity index (χ1n) is 9.64. The number of piperidine rings is 1. The third-order valence-electron chi connectivity index (χ3n) is 4.93. The van der Waals surface area contributed by atoms with Gasteiger partial charge < -0.3 is 5.32 Å². The van der Waals surface area contributed by atoms with Gasteiger partial charge in [-0.1, -0.05) is 42.8 Å². The van der Waals surface area contributed by atoms with Gasteiger partial charge >= 0.3 is 0 Å². The van der Waals surface area contributed by atoms with Crippen LogP contribution in [-0.4, -0.2) is 37.5 Å². The van der Waals surface area contributed by atoms with Crippen molar-refractivity contribution in [3.63, 3.8) is 0 Å². The van der Waals surface area contributed by atoms with E-state index >= 15 is 0 Å². The van der Waals surface area contributed by atoms with Crippen LogP contribution in [0.25, 0.3) is 0 Å². The van der Waals surface area contributed by atoms with E-state index in [1.807, 2.05) is 24.3 Å². The number of amides is 1. The van der Waals surface area contributed by atoms with Gasteiger partial charge in [0.05, 0.1) is 11.4 Å². The van der Waals surface area contributed by atoms with Crippen molar-refractivity contribution >= 4 is 45.0 Å². The van der Waals surface area contributed by atoms with Crippen LogP contribution in [0.4, 0.5) is 5.69 Å². The molecular formula is C21H25ClN2O3S2. The highest BCUT2D eigenvalue weighted by Gasteiger charge is 2.31. The summed E-state index contributed by atoms with van der Waals surface area (Å²) in [4.78, 5) is 13.7. The van der Waals surface area contributed by atoms with Gasteiger partial charge in [-0.05, 0) is 48.4 Å². The van der Waals surface area contributed by atoms with Crippen molar-refractivity contribution in [2.75, 3.05) is 24.2 Å². The first kappa shape index (κ1) is 22.2. The SMILES string of the molecule is CCSc1ccccc1NC(=O)C1CCN(S(=O)(=O)Cc2ccc(Cl)cc2)CC1. The van der Waals surface area contributed by atoms with Gasteiger partial charge in [0, 0.05) is 28.9 Å². The highest BCUT2D eigenvalue weighted by molar-refractivity contribution is 7.99. The third kappa shape index (κ3) is 5.98. The van der Waals surface area contributed by atoms with Crippen molar-refractivity contribution < 1.29 is 13.2 Å². The number of hydrogen-bond donors (Lipinski definition) is 1. The molecular weight excluding hydrogens is 428 g/mol. The van der Waals surface area contributed by atoms with Gasteiger partial charge in [-0.25, -0.2) is 12.7 Å². The van der Waals surface area contributed by atoms with E-state index in [2.05, 4.69) is 12.2 Å². The van der Waals surface area contributed by atoms with Crippen LogP contribution < -0.4 is 5.32 Å². The number of halogens is 1. The number of thioether (sulfide) groups is 1. The van der Waals surface area contributed by atoms with E-state index in [0.717, 1.165) is 16.3 Å². The van der Waals surface area contributed by atoms with Crippen LogP contribution in [0, 0.1) is 5.92 Å². The van der Waals surface area contributed by atoms with E-state index in [9.17, 15) is 13.2 Å². The minimum Gasteiger partial charge on any atom is -0.325 e. The summed E-state index contributed by atoms with van der Waals surface area (Å²) in [5.41, 5.74) is 1.53. The second kappa shape index (κ2) is 9.98. The summed E-state index contributed by atoms with van der Waals surface area (Å²) in [5.74, 6) is 0.653. The maximum absolute atomic E-state index is 12.7. The number of benzene rings is 2. The van der Waals surface area contributed by atoms with Gasteiger partial charge in [0.15, 0.2) is 0 Å². The molecule has 156 valence electrons. The van der Waals surface area contributed by atoms with Crippen molar-refractivity contribution in [3.8, 4) is 0 Å². The molecule has 1 aliphatic heterocycles. The molecule has 0 aromatic heterocycles. The van der Waals surface area contributed by atoms with Crippen LogP contribution in [0.5, 0.6) is 0 Å². The molecule has 0 bridgehead atoms. The molecule has 29 heavy (non-hydrogen) atoms. The van der Waals surface area contributed by atoms with E-state index in [1.54, 1.807) is 36.0 Å². The van der Waals surface area contributed by atoms with E-state index in [1.165, 1.54) is 4.31 Å². The fourth-order valence-electron chi connectivity index (χ4n) is 3.36. The lowest BCUT2D eigenvalue weighted by Crippen LogP contribution is -2.41. The summed E-state index contributed by atoms with van der Waals surface area (Å²) in [7, 11) is -3.42. The molecule has 0 spiro atoms. The molecule has 5 nitrogen and oxygen atoms in total. The summed E-state index contributed by atoms with van der Waals surface area (Å²) in [6.07, 6.45) is 1.05. The average molecular weight is 453 g/mol. The summed E-state index contributed by atoms with van der Waals surface area (Å²) in [6.45, 7) is 2.79. The predicted molar refractivity (Wildman–Crippen MR) is 120 cm³/mol.